The molecule has 0 bridgehead atoms. The number of hydrogen-bond acceptors (Lipinski definition) is 7. The van der Waals surface area contributed by atoms with Gasteiger partial charge >= 0.3 is 0 Å². The summed E-state index contributed by atoms with van der Waals surface area (Å²) in [7, 11) is 0. The van der Waals surface area contributed by atoms with Gasteiger partial charge in [-0.05, 0) is 35.9 Å². The highest BCUT2D eigenvalue weighted by Gasteiger charge is 2.15. The van der Waals surface area contributed by atoms with Crippen molar-refractivity contribution in [3.63, 3.8) is 0 Å². The Morgan fingerprint density at radius 2 is 1.86 bits per heavy atom. The van der Waals surface area contributed by atoms with Gasteiger partial charge in [-0.25, -0.2) is 14.4 Å². The molecule has 4 aromatic rings. The van der Waals surface area contributed by atoms with Crippen LogP contribution in [-0.2, 0) is 11.2 Å². The van der Waals surface area contributed by atoms with Crippen LogP contribution in [0.2, 0.25) is 0 Å². The molecule has 0 aliphatic carbocycles. The van der Waals surface area contributed by atoms with Crippen LogP contribution in [0.15, 0.2) is 53.8 Å². The van der Waals surface area contributed by atoms with Crippen molar-refractivity contribution in [3.05, 3.63) is 64.4 Å². The first kappa shape index (κ1) is 19.7. The Morgan fingerprint density at radius 3 is 2.62 bits per heavy atom. The van der Waals surface area contributed by atoms with Gasteiger partial charge in [-0.1, -0.05) is 23.9 Å². The number of nitrogens with two attached hydrogens (primary N) is 1. The Balaban J connectivity index is 1.52. The number of thiophene rings is 2. The van der Waals surface area contributed by atoms with Gasteiger partial charge in [0.2, 0.25) is 5.91 Å². The lowest BCUT2D eigenvalue weighted by atomic mass is 10.2. The van der Waals surface area contributed by atoms with Crippen LogP contribution >= 0.6 is 34.4 Å². The van der Waals surface area contributed by atoms with E-state index in [0.29, 0.717) is 4.88 Å². The van der Waals surface area contributed by atoms with Crippen LogP contribution in [0.5, 0.6) is 0 Å². The lowest BCUT2D eigenvalue weighted by molar-refractivity contribution is -0.117. The number of amides is 1. The van der Waals surface area contributed by atoms with Crippen molar-refractivity contribution in [1.82, 2.24) is 9.97 Å². The minimum atomic E-state index is -0.418. The summed E-state index contributed by atoms with van der Waals surface area (Å²) < 4.78 is 14.1. The molecule has 3 aromatic heterocycles. The largest absolute Gasteiger partial charge is 0.369 e. The molecule has 0 spiro atoms. The predicted molar refractivity (Wildman–Crippen MR) is 115 cm³/mol. The number of nitrogens with zero attached hydrogens (tertiary/aromatic N) is 2. The number of primary amides is 1. The number of carbonyl (C=O) groups is 2. The molecule has 1 amide bonds. The number of carbonyl (C=O) groups excluding carboxylic acids is 2. The molecular formula is C20H14FN3O2S3. The maximum Gasteiger partial charge on any atom is 0.222 e. The summed E-state index contributed by atoms with van der Waals surface area (Å²) >= 11 is 4.15. The highest BCUT2D eigenvalue weighted by atomic mass is 32.2. The van der Waals surface area contributed by atoms with Gasteiger partial charge in [0.1, 0.15) is 17.2 Å². The first-order valence-electron chi connectivity index (χ1n) is 8.53. The van der Waals surface area contributed by atoms with Crippen LogP contribution in [0.4, 0.5) is 4.39 Å². The predicted octanol–water partition coefficient (Wildman–Crippen LogP) is 4.56. The van der Waals surface area contributed by atoms with Gasteiger partial charge in [-0.2, -0.15) is 0 Å². The number of aromatic nitrogens is 2. The number of hydrogen-bond donors (Lipinski definition) is 1. The van der Waals surface area contributed by atoms with E-state index in [0.717, 1.165) is 30.6 Å². The molecule has 3 heterocycles. The Kier molecular flexibility index (Phi) is 5.70. The topological polar surface area (TPSA) is 85.9 Å². The molecule has 1 aromatic carbocycles. The van der Waals surface area contributed by atoms with Crippen LogP contribution in [0.3, 0.4) is 0 Å². The average Bonchev–Trinajstić information content (AvgIpc) is 3.33. The standard InChI is InChI=1S/C20H14FN3O2S3/c21-12-3-1-11(2-4-12)17-8-14-19(29-17)20(24-10-23-14)27-9-15(25)16-6-5-13(28-16)7-18(22)26/h1-6,8,10H,7,9H2,(H2,22,26). The molecule has 0 aliphatic rings. The van der Waals surface area contributed by atoms with Crippen molar-refractivity contribution in [1.29, 1.82) is 0 Å². The summed E-state index contributed by atoms with van der Waals surface area (Å²) in [6.07, 6.45) is 1.62. The number of rotatable bonds is 7. The van der Waals surface area contributed by atoms with Gasteiger partial charge in [-0.3, -0.25) is 9.59 Å². The van der Waals surface area contributed by atoms with Crippen LogP contribution in [0.1, 0.15) is 14.5 Å². The summed E-state index contributed by atoms with van der Waals surface area (Å²) in [5.74, 6) is -0.500. The molecule has 0 atom stereocenters. The van der Waals surface area contributed by atoms with Gasteiger partial charge in [0.25, 0.3) is 0 Å². The number of ketones is 1. The fourth-order valence-corrected chi connectivity index (χ4v) is 5.82. The molecule has 146 valence electrons. The highest BCUT2D eigenvalue weighted by Crippen LogP contribution is 2.37. The Morgan fingerprint density at radius 1 is 1.07 bits per heavy atom. The molecular weight excluding hydrogens is 429 g/mol. The Bertz CT molecular complexity index is 1200. The van der Waals surface area contributed by atoms with E-state index in [2.05, 4.69) is 9.97 Å². The summed E-state index contributed by atoms with van der Waals surface area (Å²) in [5, 5.41) is 0.732. The quantitative estimate of drug-likeness (QED) is 0.257. The number of thioether (sulfide) groups is 1. The molecule has 0 fully saturated rings. The smallest absolute Gasteiger partial charge is 0.222 e. The first-order valence-corrected chi connectivity index (χ1v) is 11.1. The summed E-state index contributed by atoms with van der Waals surface area (Å²) in [6.45, 7) is 0. The summed E-state index contributed by atoms with van der Waals surface area (Å²) in [5.41, 5.74) is 6.89. The van der Waals surface area contributed by atoms with Crippen LogP contribution < -0.4 is 5.73 Å². The lowest BCUT2D eigenvalue weighted by Gasteiger charge is -2.00. The zero-order valence-electron chi connectivity index (χ0n) is 14.9. The zero-order chi connectivity index (χ0) is 20.4. The van der Waals surface area contributed by atoms with E-state index in [9.17, 15) is 14.0 Å². The number of halogens is 1. The third kappa shape index (κ3) is 4.52. The number of Topliss-reactive ketones (excluding diaryl/α,β-unsaturated/α-hetero) is 1. The zero-order valence-corrected chi connectivity index (χ0v) is 17.4. The molecule has 0 radical (unpaired) electrons. The van der Waals surface area contributed by atoms with Crippen LogP contribution in [0, 0.1) is 5.82 Å². The monoisotopic (exact) mass is 443 g/mol. The van der Waals surface area contributed by atoms with Crippen molar-refractivity contribution >= 4 is 56.3 Å². The second-order valence-electron chi connectivity index (χ2n) is 6.13. The van der Waals surface area contributed by atoms with E-state index in [-0.39, 0.29) is 23.8 Å². The van der Waals surface area contributed by atoms with Crippen molar-refractivity contribution in [2.45, 2.75) is 11.4 Å². The number of benzene rings is 1. The number of fused-ring (bicyclic) bond motifs is 1. The Hall–Kier alpha value is -2.62. The van der Waals surface area contributed by atoms with E-state index in [1.807, 2.05) is 6.07 Å². The van der Waals surface area contributed by atoms with Crippen molar-refractivity contribution in [3.8, 4) is 10.4 Å². The molecule has 29 heavy (non-hydrogen) atoms. The van der Waals surface area contributed by atoms with Crippen LogP contribution in [-0.4, -0.2) is 27.4 Å². The normalized spacial score (nSPS) is 11.1. The third-order valence-corrected chi connectivity index (χ3v) is 7.46. The van der Waals surface area contributed by atoms with E-state index in [4.69, 9.17) is 5.73 Å². The van der Waals surface area contributed by atoms with Crippen molar-refractivity contribution in [2.24, 2.45) is 5.73 Å². The summed E-state index contributed by atoms with van der Waals surface area (Å²) in [4.78, 5) is 34.5. The average molecular weight is 444 g/mol. The third-order valence-electron chi connectivity index (χ3n) is 4.03. The highest BCUT2D eigenvalue weighted by molar-refractivity contribution is 8.00. The molecule has 9 heteroatoms. The summed E-state index contributed by atoms with van der Waals surface area (Å²) in [6, 6.07) is 11.7. The minimum absolute atomic E-state index is 0.0298. The maximum absolute atomic E-state index is 13.2. The minimum Gasteiger partial charge on any atom is -0.369 e. The fourth-order valence-electron chi connectivity index (χ4n) is 2.69. The molecule has 0 aliphatic heterocycles. The molecule has 0 unspecified atom stereocenters. The fraction of sp³-hybridized carbons (Fsp3) is 0.100. The van der Waals surface area contributed by atoms with Crippen LogP contribution in [0.25, 0.3) is 20.7 Å². The second-order valence-corrected chi connectivity index (χ2v) is 9.32. The van der Waals surface area contributed by atoms with E-state index in [1.165, 1.54) is 52.9 Å². The van der Waals surface area contributed by atoms with Gasteiger partial charge in [0.15, 0.2) is 5.78 Å². The van der Waals surface area contributed by atoms with E-state index < -0.39 is 5.91 Å². The lowest BCUT2D eigenvalue weighted by Crippen LogP contribution is -2.12. The van der Waals surface area contributed by atoms with Crippen molar-refractivity contribution < 1.29 is 14.0 Å². The molecule has 0 saturated heterocycles. The molecule has 4 rings (SSSR count). The second kappa shape index (κ2) is 8.40. The van der Waals surface area contributed by atoms with Gasteiger partial charge in [0, 0.05) is 9.75 Å². The van der Waals surface area contributed by atoms with Crippen molar-refractivity contribution in [2.75, 3.05) is 5.75 Å². The van der Waals surface area contributed by atoms with E-state index >= 15 is 0 Å². The van der Waals surface area contributed by atoms with Gasteiger partial charge < -0.3 is 5.73 Å². The van der Waals surface area contributed by atoms with Gasteiger partial charge in [0.05, 0.1) is 27.3 Å². The first-order chi connectivity index (χ1) is 14.0. The van der Waals surface area contributed by atoms with Gasteiger partial charge in [-0.15, -0.1) is 22.7 Å². The van der Waals surface area contributed by atoms with E-state index in [1.54, 1.807) is 24.3 Å². The molecule has 0 saturated carbocycles. The Labute approximate surface area is 177 Å². The molecule has 5 nitrogen and oxygen atoms in total. The maximum atomic E-state index is 13.2. The molecule has 2 N–H and O–H groups in total. The SMILES string of the molecule is NC(=O)Cc1ccc(C(=O)CSc2ncnc3cc(-c4ccc(F)cc4)sc23)s1.